The SMILES string of the molecule is Cc1ccsc1C1=C(c2ccc(O)cc2)CCCc2cc(O)ccc21. The van der Waals surface area contributed by atoms with E-state index in [1.165, 1.54) is 32.7 Å². The molecule has 1 aliphatic rings. The topological polar surface area (TPSA) is 40.5 Å². The van der Waals surface area contributed by atoms with E-state index in [9.17, 15) is 10.2 Å². The molecule has 0 saturated heterocycles. The Morgan fingerprint density at radius 2 is 1.64 bits per heavy atom. The first-order valence-electron chi connectivity index (χ1n) is 8.53. The minimum atomic E-state index is 0.289. The zero-order valence-electron chi connectivity index (χ0n) is 14.1. The summed E-state index contributed by atoms with van der Waals surface area (Å²) in [6.07, 6.45) is 2.98. The van der Waals surface area contributed by atoms with Crippen LogP contribution in [0.1, 0.15) is 40.0 Å². The normalized spacial score (nSPS) is 14.3. The van der Waals surface area contributed by atoms with E-state index in [0.29, 0.717) is 5.75 Å². The smallest absolute Gasteiger partial charge is 0.115 e. The van der Waals surface area contributed by atoms with Crippen LogP contribution < -0.4 is 0 Å². The van der Waals surface area contributed by atoms with Crippen molar-refractivity contribution >= 4 is 22.5 Å². The van der Waals surface area contributed by atoms with E-state index in [-0.39, 0.29) is 5.75 Å². The van der Waals surface area contributed by atoms with E-state index in [0.717, 1.165) is 24.8 Å². The van der Waals surface area contributed by atoms with Gasteiger partial charge in [-0.25, -0.2) is 0 Å². The molecule has 126 valence electrons. The molecule has 1 heterocycles. The highest BCUT2D eigenvalue weighted by molar-refractivity contribution is 7.11. The van der Waals surface area contributed by atoms with Crippen molar-refractivity contribution < 1.29 is 10.2 Å². The lowest BCUT2D eigenvalue weighted by molar-refractivity contribution is 0.474. The van der Waals surface area contributed by atoms with Crippen molar-refractivity contribution in [3.8, 4) is 11.5 Å². The third-order valence-corrected chi connectivity index (χ3v) is 5.87. The minimum absolute atomic E-state index is 0.289. The van der Waals surface area contributed by atoms with Crippen molar-refractivity contribution in [2.45, 2.75) is 26.2 Å². The number of phenolic OH excluding ortho intramolecular Hbond substituents is 2. The molecular formula is C22H20O2S. The molecule has 0 unspecified atom stereocenters. The van der Waals surface area contributed by atoms with Crippen molar-refractivity contribution in [2.24, 2.45) is 0 Å². The second kappa shape index (κ2) is 6.41. The first-order valence-corrected chi connectivity index (χ1v) is 9.41. The third kappa shape index (κ3) is 2.96. The van der Waals surface area contributed by atoms with Crippen LogP contribution in [0.3, 0.4) is 0 Å². The number of phenols is 2. The number of thiophene rings is 1. The fourth-order valence-corrected chi connectivity index (χ4v) is 4.63. The van der Waals surface area contributed by atoms with Crippen LogP contribution in [0.25, 0.3) is 11.1 Å². The maximum absolute atomic E-state index is 9.92. The third-order valence-electron chi connectivity index (χ3n) is 4.84. The van der Waals surface area contributed by atoms with Crippen LogP contribution in [0.15, 0.2) is 53.9 Å². The first kappa shape index (κ1) is 16.0. The van der Waals surface area contributed by atoms with Crippen molar-refractivity contribution in [3.05, 3.63) is 81.0 Å². The van der Waals surface area contributed by atoms with Gasteiger partial charge in [-0.1, -0.05) is 18.2 Å². The molecule has 1 aromatic heterocycles. The molecule has 0 bridgehead atoms. The number of aromatic hydroxyl groups is 2. The highest BCUT2D eigenvalue weighted by atomic mass is 32.1. The standard InChI is InChI=1S/C22H20O2S/c1-14-11-12-25-22(14)21-19(15-5-7-17(23)8-6-15)4-2-3-16-13-18(24)9-10-20(16)21/h5-13,23-24H,2-4H2,1H3. The number of hydrogen-bond donors (Lipinski definition) is 2. The molecule has 0 amide bonds. The van der Waals surface area contributed by atoms with Gasteiger partial charge in [0.05, 0.1) is 0 Å². The molecular weight excluding hydrogens is 328 g/mol. The molecule has 2 aromatic carbocycles. The lowest BCUT2D eigenvalue weighted by Gasteiger charge is -2.16. The van der Waals surface area contributed by atoms with Gasteiger partial charge in [-0.15, -0.1) is 11.3 Å². The van der Waals surface area contributed by atoms with Crippen LogP contribution in [0, 0.1) is 6.92 Å². The molecule has 1 aliphatic carbocycles. The molecule has 0 spiro atoms. The number of fused-ring (bicyclic) bond motifs is 1. The van der Waals surface area contributed by atoms with Gasteiger partial charge < -0.3 is 10.2 Å². The van der Waals surface area contributed by atoms with Gasteiger partial charge in [-0.3, -0.25) is 0 Å². The minimum Gasteiger partial charge on any atom is -0.508 e. The van der Waals surface area contributed by atoms with Gasteiger partial charge in [0, 0.05) is 10.5 Å². The molecule has 0 atom stereocenters. The zero-order chi connectivity index (χ0) is 17.4. The summed E-state index contributed by atoms with van der Waals surface area (Å²) in [6.45, 7) is 2.15. The molecule has 0 aliphatic heterocycles. The Labute approximate surface area is 151 Å². The molecule has 2 nitrogen and oxygen atoms in total. The van der Waals surface area contributed by atoms with E-state index in [2.05, 4.69) is 18.4 Å². The highest BCUT2D eigenvalue weighted by Crippen LogP contribution is 2.43. The number of benzene rings is 2. The second-order valence-corrected chi connectivity index (χ2v) is 7.44. The van der Waals surface area contributed by atoms with Gasteiger partial charge in [0.1, 0.15) is 11.5 Å². The predicted octanol–water partition coefficient (Wildman–Crippen LogP) is 5.76. The van der Waals surface area contributed by atoms with Crippen LogP contribution in [0.5, 0.6) is 11.5 Å². The van der Waals surface area contributed by atoms with Gasteiger partial charge >= 0.3 is 0 Å². The summed E-state index contributed by atoms with van der Waals surface area (Å²) in [5.41, 5.74) is 7.43. The van der Waals surface area contributed by atoms with Gasteiger partial charge in [0.2, 0.25) is 0 Å². The molecule has 2 N–H and O–H groups in total. The van der Waals surface area contributed by atoms with Gasteiger partial charge in [-0.2, -0.15) is 0 Å². The van der Waals surface area contributed by atoms with E-state index >= 15 is 0 Å². The Bertz CT molecular complexity index is 948. The summed E-state index contributed by atoms with van der Waals surface area (Å²) in [5.74, 6) is 0.617. The molecule has 4 rings (SSSR count). The maximum Gasteiger partial charge on any atom is 0.115 e. The lowest BCUT2D eigenvalue weighted by atomic mass is 9.90. The van der Waals surface area contributed by atoms with Crippen LogP contribution in [0.4, 0.5) is 0 Å². The summed E-state index contributed by atoms with van der Waals surface area (Å²) in [7, 11) is 0. The van der Waals surface area contributed by atoms with E-state index in [1.807, 2.05) is 24.3 Å². The first-order chi connectivity index (χ1) is 12.1. The van der Waals surface area contributed by atoms with Crippen LogP contribution in [-0.4, -0.2) is 10.2 Å². The largest absolute Gasteiger partial charge is 0.508 e. The fraction of sp³-hybridized carbons (Fsp3) is 0.182. The summed E-state index contributed by atoms with van der Waals surface area (Å²) in [6, 6.07) is 15.4. The van der Waals surface area contributed by atoms with E-state index < -0.39 is 0 Å². The van der Waals surface area contributed by atoms with Gasteiger partial charge in [0.25, 0.3) is 0 Å². The molecule has 3 aromatic rings. The number of allylic oxidation sites excluding steroid dienone is 1. The molecule has 0 saturated carbocycles. The second-order valence-electron chi connectivity index (χ2n) is 6.53. The lowest BCUT2D eigenvalue weighted by Crippen LogP contribution is -1.95. The number of rotatable bonds is 2. The Hall–Kier alpha value is -2.52. The average Bonchev–Trinajstić information content (AvgIpc) is 2.93. The quantitative estimate of drug-likeness (QED) is 0.618. The predicted molar refractivity (Wildman–Crippen MR) is 104 cm³/mol. The molecule has 25 heavy (non-hydrogen) atoms. The number of hydrogen-bond acceptors (Lipinski definition) is 3. The van der Waals surface area contributed by atoms with Crippen LogP contribution in [-0.2, 0) is 6.42 Å². The Balaban J connectivity index is 2.02. The monoisotopic (exact) mass is 348 g/mol. The summed E-state index contributed by atoms with van der Waals surface area (Å²) < 4.78 is 0. The van der Waals surface area contributed by atoms with Crippen molar-refractivity contribution in [3.63, 3.8) is 0 Å². The maximum atomic E-state index is 9.92. The molecule has 0 radical (unpaired) electrons. The Kier molecular flexibility index (Phi) is 4.10. The highest BCUT2D eigenvalue weighted by Gasteiger charge is 2.22. The Morgan fingerprint density at radius 3 is 2.36 bits per heavy atom. The van der Waals surface area contributed by atoms with Crippen molar-refractivity contribution in [1.82, 2.24) is 0 Å². The summed E-state index contributed by atoms with van der Waals surface area (Å²) in [5, 5.41) is 21.7. The Morgan fingerprint density at radius 1 is 0.880 bits per heavy atom. The summed E-state index contributed by atoms with van der Waals surface area (Å²) >= 11 is 1.76. The molecule has 3 heteroatoms. The molecule has 0 fully saturated rings. The van der Waals surface area contributed by atoms with E-state index in [4.69, 9.17) is 0 Å². The average molecular weight is 348 g/mol. The van der Waals surface area contributed by atoms with Crippen LogP contribution in [0.2, 0.25) is 0 Å². The fourth-order valence-electron chi connectivity index (χ4n) is 3.61. The van der Waals surface area contributed by atoms with Gasteiger partial charge in [-0.05, 0) is 89.7 Å². The van der Waals surface area contributed by atoms with Crippen molar-refractivity contribution in [2.75, 3.05) is 0 Å². The van der Waals surface area contributed by atoms with Gasteiger partial charge in [0.15, 0.2) is 0 Å². The zero-order valence-corrected chi connectivity index (χ0v) is 14.9. The number of aryl methyl sites for hydroxylation is 2. The summed E-state index contributed by atoms with van der Waals surface area (Å²) in [4.78, 5) is 1.29. The van der Waals surface area contributed by atoms with E-state index in [1.54, 1.807) is 29.5 Å². The van der Waals surface area contributed by atoms with Crippen LogP contribution >= 0.6 is 11.3 Å². The van der Waals surface area contributed by atoms with Crippen molar-refractivity contribution in [1.29, 1.82) is 0 Å².